The Labute approximate surface area is 108 Å². The van der Waals surface area contributed by atoms with Crippen LogP contribution in [0.5, 0.6) is 11.5 Å². The van der Waals surface area contributed by atoms with Gasteiger partial charge >= 0.3 is 0 Å². The normalized spacial score (nSPS) is 10.3. The van der Waals surface area contributed by atoms with Crippen molar-refractivity contribution < 1.29 is 9.47 Å². The number of nitrogens with one attached hydrogen (secondary N) is 1. The molecule has 0 amide bonds. The van der Waals surface area contributed by atoms with Crippen molar-refractivity contribution in [3.63, 3.8) is 0 Å². The number of benzene rings is 1. The van der Waals surface area contributed by atoms with E-state index in [4.69, 9.17) is 9.47 Å². The van der Waals surface area contributed by atoms with Crippen LogP contribution in [-0.2, 0) is 6.42 Å². The Morgan fingerprint density at radius 2 is 1.82 bits per heavy atom. The molecule has 1 N–H and O–H groups in total. The van der Waals surface area contributed by atoms with Crippen LogP contribution in [0.25, 0.3) is 0 Å². The number of aromatic amines is 1. The molecule has 0 unspecified atom stereocenters. The van der Waals surface area contributed by atoms with Gasteiger partial charge in [-0.25, -0.2) is 4.98 Å². The van der Waals surface area contributed by atoms with E-state index in [9.17, 15) is 0 Å². The highest BCUT2D eigenvalue weighted by Crippen LogP contribution is 2.25. The summed E-state index contributed by atoms with van der Waals surface area (Å²) in [6.45, 7) is 0. The molecule has 2 rings (SSSR count). The van der Waals surface area contributed by atoms with Crippen molar-refractivity contribution in [2.75, 3.05) is 14.2 Å². The van der Waals surface area contributed by atoms with Crippen LogP contribution in [0.1, 0.15) is 11.3 Å². The van der Waals surface area contributed by atoms with E-state index in [1.807, 2.05) is 18.2 Å². The minimum atomic E-state index is 0.744. The number of rotatable bonds is 4. The minimum absolute atomic E-state index is 0.744. The van der Waals surface area contributed by atoms with Crippen LogP contribution >= 0.6 is 15.9 Å². The molecule has 0 aliphatic heterocycles. The topological polar surface area (TPSA) is 47.1 Å². The molecule has 0 aliphatic rings. The van der Waals surface area contributed by atoms with Gasteiger partial charge in [-0.05, 0) is 33.6 Å². The molecule has 1 heterocycles. The lowest BCUT2D eigenvalue weighted by atomic mass is 10.1. The Bertz CT molecular complexity index is 489. The van der Waals surface area contributed by atoms with Crippen molar-refractivity contribution >= 4 is 15.9 Å². The number of ether oxygens (including phenoxy) is 2. The summed E-state index contributed by atoms with van der Waals surface area (Å²) in [4.78, 5) is 7.19. The molecular weight excluding hydrogens is 284 g/mol. The zero-order valence-corrected chi connectivity index (χ0v) is 11.2. The number of hydrogen-bond acceptors (Lipinski definition) is 3. The third-order valence-corrected chi connectivity index (χ3v) is 3.14. The number of methoxy groups -OCH3 is 2. The summed E-state index contributed by atoms with van der Waals surface area (Å²) >= 11 is 3.39. The number of imidazole rings is 1. The standard InChI is InChI=1S/C12H13BrN2O2/c1-16-9-3-8(4-10(6-9)17-2)5-11-12(13)15-7-14-11/h3-4,6-7H,5H2,1-2H3,(H,14,15). The summed E-state index contributed by atoms with van der Waals surface area (Å²) in [5.74, 6) is 1.57. The fourth-order valence-electron chi connectivity index (χ4n) is 1.60. The van der Waals surface area contributed by atoms with Crippen LogP contribution in [0.2, 0.25) is 0 Å². The Hall–Kier alpha value is -1.49. The smallest absolute Gasteiger partial charge is 0.127 e. The molecule has 90 valence electrons. The summed E-state index contributed by atoms with van der Waals surface area (Å²) in [5, 5.41) is 0. The Balaban J connectivity index is 2.29. The molecule has 4 nitrogen and oxygen atoms in total. The van der Waals surface area contributed by atoms with Crippen LogP contribution < -0.4 is 9.47 Å². The summed E-state index contributed by atoms with van der Waals surface area (Å²) < 4.78 is 11.3. The molecule has 5 heteroatoms. The second-order valence-electron chi connectivity index (χ2n) is 3.57. The molecule has 17 heavy (non-hydrogen) atoms. The first-order valence-corrected chi connectivity index (χ1v) is 5.92. The van der Waals surface area contributed by atoms with Crippen molar-refractivity contribution in [1.82, 2.24) is 9.97 Å². The van der Waals surface area contributed by atoms with E-state index >= 15 is 0 Å². The van der Waals surface area contributed by atoms with Gasteiger partial charge in [-0.15, -0.1) is 0 Å². The molecule has 0 radical (unpaired) electrons. The molecule has 1 aromatic carbocycles. The molecule has 0 bridgehead atoms. The van der Waals surface area contributed by atoms with Gasteiger partial charge in [0.05, 0.1) is 26.2 Å². The third-order valence-electron chi connectivity index (χ3n) is 2.46. The van der Waals surface area contributed by atoms with Crippen molar-refractivity contribution in [2.24, 2.45) is 0 Å². The molecule has 0 atom stereocenters. The van der Waals surface area contributed by atoms with Gasteiger partial charge in [-0.3, -0.25) is 0 Å². The number of halogens is 1. The molecular formula is C12H13BrN2O2. The van der Waals surface area contributed by atoms with Crippen molar-refractivity contribution in [2.45, 2.75) is 6.42 Å². The maximum atomic E-state index is 5.23. The van der Waals surface area contributed by atoms with Crippen LogP contribution in [-0.4, -0.2) is 24.2 Å². The first-order valence-electron chi connectivity index (χ1n) is 5.12. The lowest BCUT2D eigenvalue weighted by Crippen LogP contribution is -1.93. The highest BCUT2D eigenvalue weighted by atomic mass is 79.9. The second kappa shape index (κ2) is 5.23. The van der Waals surface area contributed by atoms with E-state index in [0.717, 1.165) is 33.8 Å². The fraction of sp³-hybridized carbons (Fsp3) is 0.250. The van der Waals surface area contributed by atoms with Crippen molar-refractivity contribution in [1.29, 1.82) is 0 Å². The molecule has 0 spiro atoms. The van der Waals surface area contributed by atoms with Crippen LogP contribution in [0, 0.1) is 0 Å². The summed E-state index contributed by atoms with van der Waals surface area (Å²) in [6, 6.07) is 5.82. The zero-order chi connectivity index (χ0) is 12.3. The van der Waals surface area contributed by atoms with Gasteiger partial charge in [0.1, 0.15) is 16.1 Å². The minimum Gasteiger partial charge on any atom is -0.497 e. The average Bonchev–Trinajstić information content (AvgIpc) is 2.74. The zero-order valence-electron chi connectivity index (χ0n) is 9.66. The Kier molecular flexibility index (Phi) is 3.68. The van der Waals surface area contributed by atoms with Gasteiger partial charge < -0.3 is 14.5 Å². The molecule has 0 fully saturated rings. The SMILES string of the molecule is COc1cc(Cc2[nH]cnc2Br)cc(OC)c1. The highest BCUT2D eigenvalue weighted by molar-refractivity contribution is 9.10. The predicted molar refractivity (Wildman–Crippen MR) is 68.6 cm³/mol. The second-order valence-corrected chi connectivity index (χ2v) is 4.32. The lowest BCUT2D eigenvalue weighted by molar-refractivity contribution is 0.393. The number of aromatic nitrogens is 2. The van der Waals surface area contributed by atoms with Crippen LogP contribution in [0.4, 0.5) is 0 Å². The van der Waals surface area contributed by atoms with Gasteiger partial charge in [0, 0.05) is 12.5 Å². The van der Waals surface area contributed by atoms with Gasteiger partial charge in [-0.1, -0.05) is 0 Å². The first-order chi connectivity index (χ1) is 8.22. The van der Waals surface area contributed by atoms with E-state index < -0.39 is 0 Å². The molecule has 0 aliphatic carbocycles. The van der Waals surface area contributed by atoms with E-state index in [-0.39, 0.29) is 0 Å². The summed E-state index contributed by atoms with van der Waals surface area (Å²) in [7, 11) is 3.29. The van der Waals surface area contributed by atoms with Crippen LogP contribution in [0.15, 0.2) is 29.1 Å². The monoisotopic (exact) mass is 296 g/mol. The fourth-order valence-corrected chi connectivity index (χ4v) is 1.96. The molecule has 1 aromatic heterocycles. The Morgan fingerprint density at radius 1 is 1.18 bits per heavy atom. The highest BCUT2D eigenvalue weighted by Gasteiger charge is 2.06. The van der Waals surface area contributed by atoms with Gasteiger partial charge in [0.25, 0.3) is 0 Å². The molecule has 2 aromatic rings. The van der Waals surface area contributed by atoms with E-state index in [0.29, 0.717) is 0 Å². The maximum Gasteiger partial charge on any atom is 0.127 e. The summed E-state index contributed by atoms with van der Waals surface area (Å²) in [6.07, 6.45) is 2.41. The number of H-pyrrole nitrogens is 1. The number of nitrogens with zero attached hydrogens (tertiary/aromatic N) is 1. The quantitative estimate of drug-likeness (QED) is 0.944. The van der Waals surface area contributed by atoms with Gasteiger partial charge in [0.15, 0.2) is 0 Å². The van der Waals surface area contributed by atoms with E-state index in [2.05, 4.69) is 25.9 Å². The lowest BCUT2D eigenvalue weighted by Gasteiger charge is -2.07. The molecule has 0 saturated heterocycles. The predicted octanol–water partition coefficient (Wildman–Crippen LogP) is 2.78. The average molecular weight is 297 g/mol. The van der Waals surface area contributed by atoms with Gasteiger partial charge in [0.2, 0.25) is 0 Å². The third kappa shape index (κ3) is 2.79. The summed E-state index contributed by atoms with van der Waals surface area (Å²) in [5.41, 5.74) is 2.13. The Morgan fingerprint density at radius 3 is 2.29 bits per heavy atom. The number of hydrogen-bond donors (Lipinski definition) is 1. The van der Waals surface area contributed by atoms with E-state index in [1.165, 1.54) is 0 Å². The maximum absolute atomic E-state index is 5.23. The molecule has 0 saturated carbocycles. The van der Waals surface area contributed by atoms with Crippen LogP contribution in [0.3, 0.4) is 0 Å². The van der Waals surface area contributed by atoms with Crippen molar-refractivity contribution in [3.8, 4) is 11.5 Å². The first kappa shape index (κ1) is 12.0. The van der Waals surface area contributed by atoms with Gasteiger partial charge in [-0.2, -0.15) is 0 Å². The van der Waals surface area contributed by atoms with E-state index in [1.54, 1.807) is 20.5 Å². The van der Waals surface area contributed by atoms with Crippen molar-refractivity contribution in [3.05, 3.63) is 40.4 Å². The largest absolute Gasteiger partial charge is 0.497 e.